The zero-order valence-electron chi connectivity index (χ0n) is 13.1. The van der Waals surface area contributed by atoms with Crippen LogP contribution >= 0.6 is 0 Å². The molecule has 2 aromatic carbocycles. The molecule has 0 aromatic heterocycles. The predicted molar refractivity (Wildman–Crippen MR) is 89.8 cm³/mol. The Morgan fingerprint density at radius 1 is 1.09 bits per heavy atom. The average molecular weight is 293 g/mol. The highest BCUT2D eigenvalue weighted by molar-refractivity contribution is 5.77. The molecular formula is C20H23NO. The van der Waals surface area contributed by atoms with E-state index in [0.29, 0.717) is 6.42 Å². The predicted octanol–water partition coefficient (Wildman–Crippen LogP) is 3.99. The van der Waals surface area contributed by atoms with Gasteiger partial charge in [0.15, 0.2) is 0 Å². The summed E-state index contributed by atoms with van der Waals surface area (Å²) >= 11 is 0. The number of hydrogen-bond donors (Lipinski definition) is 1. The Morgan fingerprint density at radius 2 is 1.82 bits per heavy atom. The molecule has 0 bridgehead atoms. The third-order valence-corrected chi connectivity index (χ3v) is 4.54. The van der Waals surface area contributed by atoms with Crippen LogP contribution in [0, 0.1) is 0 Å². The number of nitrogens with one attached hydrogen (secondary N) is 1. The summed E-state index contributed by atoms with van der Waals surface area (Å²) in [6.45, 7) is 2.15. The molecule has 0 saturated carbocycles. The summed E-state index contributed by atoms with van der Waals surface area (Å²) in [6, 6.07) is 17.2. The molecule has 114 valence electrons. The van der Waals surface area contributed by atoms with E-state index < -0.39 is 0 Å². The van der Waals surface area contributed by atoms with E-state index in [9.17, 15) is 4.79 Å². The summed E-state index contributed by atoms with van der Waals surface area (Å²) in [6.07, 6.45) is 4.52. The molecule has 1 atom stereocenters. The molecule has 1 aliphatic rings. The Morgan fingerprint density at radius 3 is 2.59 bits per heavy atom. The first-order valence-corrected chi connectivity index (χ1v) is 8.21. The van der Waals surface area contributed by atoms with E-state index in [4.69, 9.17) is 0 Å². The SMILES string of the molecule is CCc1ccc(CCC(=O)NC2CCc3ccccc32)cc1. The van der Waals surface area contributed by atoms with Crippen molar-refractivity contribution in [1.82, 2.24) is 5.32 Å². The first-order chi connectivity index (χ1) is 10.8. The number of fused-ring (bicyclic) bond motifs is 1. The molecule has 1 N–H and O–H groups in total. The van der Waals surface area contributed by atoms with Crippen LogP contribution in [0.5, 0.6) is 0 Å². The zero-order valence-corrected chi connectivity index (χ0v) is 13.1. The van der Waals surface area contributed by atoms with E-state index in [2.05, 4.69) is 60.8 Å². The third-order valence-electron chi connectivity index (χ3n) is 4.54. The zero-order chi connectivity index (χ0) is 15.4. The van der Waals surface area contributed by atoms with Crippen LogP contribution in [0.2, 0.25) is 0 Å². The summed E-state index contributed by atoms with van der Waals surface area (Å²) in [5, 5.41) is 3.19. The normalized spacial score (nSPS) is 16.3. The van der Waals surface area contributed by atoms with Crippen LogP contribution in [0.1, 0.15) is 48.1 Å². The van der Waals surface area contributed by atoms with Crippen molar-refractivity contribution in [3.63, 3.8) is 0 Å². The minimum absolute atomic E-state index is 0.154. The van der Waals surface area contributed by atoms with Gasteiger partial charge < -0.3 is 5.32 Å². The summed E-state index contributed by atoms with van der Waals surface area (Å²) in [5.74, 6) is 0.154. The van der Waals surface area contributed by atoms with Crippen molar-refractivity contribution in [2.45, 2.75) is 45.1 Å². The molecule has 0 fully saturated rings. The van der Waals surface area contributed by atoms with Gasteiger partial charge in [0, 0.05) is 6.42 Å². The Bertz CT molecular complexity index is 645. The van der Waals surface area contributed by atoms with Gasteiger partial charge in [0.05, 0.1) is 6.04 Å². The van der Waals surface area contributed by atoms with Crippen molar-refractivity contribution in [2.24, 2.45) is 0 Å². The quantitative estimate of drug-likeness (QED) is 0.887. The molecule has 1 unspecified atom stereocenters. The largest absolute Gasteiger partial charge is 0.349 e. The van der Waals surface area contributed by atoms with Gasteiger partial charge >= 0.3 is 0 Å². The maximum atomic E-state index is 12.2. The van der Waals surface area contributed by atoms with Gasteiger partial charge in [-0.05, 0) is 47.9 Å². The smallest absolute Gasteiger partial charge is 0.220 e. The molecule has 2 nitrogen and oxygen atoms in total. The fourth-order valence-electron chi connectivity index (χ4n) is 3.17. The lowest BCUT2D eigenvalue weighted by Crippen LogP contribution is -2.27. The molecule has 2 aromatic rings. The van der Waals surface area contributed by atoms with Gasteiger partial charge in [-0.25, -0.2) is 0 Å². The van der Waals surface area contributed by atoms with Gasteiger partial charge in [-0.2, -0.15) is 0 Å². The van der Waals surface area contributed by atoms with Gasteiger partial charge in [-0.1, -0.05) is 55.5 Å². The Balaban J connectivity index is 1.53. The minimum Gasteiger partial charge on any atom is -0.349 e. The molecule has 1 aliphatic carbocycles. The Hall–Kier alpha value is -2.09. The maximum absolute atomic E-state index is 12.2. The lowest BCUT2D eigenvalue weighted by atomic mass is 10.1. The molecule has 2 heteroatoms. The van der Waals surface area contributed by atoms with Crippen LogP contribution in [0.15, 0.2) is 48.5 Å². The molecule has 0 heterocycles. The highest BCUT2D eigenvalue weighted by Crippen LogP contribution is 2.30. The second-order valence-corrected chi connectivity index (χ2v) is 6.03. The number of hydrogen-bond acceptors (Lipinski definition) is 1. The number of carbonyl (C=O) groups is 1. The van der Waals surface area contributed by atoms with Crippen LogP contribution in [-0.2, 0) is 24.1 Å². The summed E-state index contributed by atoms with van der Waals surface area (Å²) in [5.41, 5.74) is 5.25. The molecule has 0 aliphatic heterocycles. The summed E-state index contributed by atoms with van der Waals surface area (Å²) in [4.78, 5) is 12.2. The first kappa shape index (κ1) is 14.8. The van der Waals surface area contributed by atoms with Crippen molar-refractivity contribution in [3.05, 3.63) is 70.8 Å². The third kappa shape index (κ3) is 3.38. The number of carbonyl (C=O) groups excluding carboxylic acids is 1. The van der Waals surface area contributed by atoms with Crippen LogP contribution < -0.4 is 5.32 Å². The van der Waals surface area contributed by atoms with E-state index in [1.54, 1.807) is 0 Å². The highest BCUT2D eigenvalue weighted by Gasteiger charge is 2.22. The molecule has 1 amide bonds. The van der Waals surface area contributed by atoms with Crippen LogP contribution in [0.4, 0.5) is 0 Å². The van der Waals surface area contributed by atoms with Gasteiger partial charge in [0.2, 0.25) is 5.91 Å². The Labute approximate surface area is 132 Å². The molecule has 0 spiro atoms. The fraction of sp³-hybridized carbons (Fsp3) is 0.350. The fourth-order valence-corrected chi connectivity index (χ4v) is 3.17. The van der Waals surface area contributed by atoms with Gasteiger partial charge in [0.1, 0.15) is 0 Å². The van der Waals surface area contributed by atoms with Crippen molar-refractivity contribution < 1.29 is 4.79 Å². The molecular weight excluding hydrogens is 270 g/mol. The average Bonchev–Trinajstić information content (AvgIpc) is 2.97. The van der Waals surface area contributed by atoms with Crippen molar-refractivity contribution >= 4 is 5.91 Å². The maximum Gasteiger partial charge on any atom is 0.220 e. The monoisotopic (exact) mass is 293 g/mol. The van der Waals surface area contributed by atoms with Crippen molar-refractivity contribution in [1.29, 1.82) is 0 Å². The summed E-state index contributed by atoms with van der Waals surface area (Å²) < 4.78 is 0. The number of amides is 1. The van der Waals surface area contributed by atoms with Crippen LogP contribution in [0.3, 0.4) is 0 Å². The summed E-state index contributed by atoms with van der Waals surface area (Å²) in [7, 11) is 0. The van der Waals surface area contributed by atoms with E-state index in [0.717, 1.165) is 25.7 Å². The number of aryl methyl sites for hydroxylation is 3. The minimum atomic E-state index is 0.154. The highest BCUT2D eigenvalue weighted by atomic mass is 16.1. The first-order valence-electron chi connectivity index (χ1n) is 8.21. The van der Waals surface area contributed by atoms with E-state index >= 15 is 0 Å². The van der Waals surface area contributed by atoms with Crippen LogP contribution in [0.25, 0.3) is 0 Å². The lowest BCUT2D eigenvalue weighted by Gasteiger charge is -2.14. The van der Waals surface area contributed by atoms with Crippen molar-refractivity contribution in [2.75, 3.05) is 0 Å². The van der Waals surface area contributed by atoms with Crippen LogP contribution in [-0.4, -0.2) is 5.91 Å². The van der Waals surface area contributed by atoms with Crippen molar-refractivity contribution in [3.8, 4) is 0 Å². The molecule has 3 rings (SSSR count). The Kier molecular flexibility index (Phi) is 4.57. The molecule has 0 radical (unpaired) electrons. The topological polar surface area (TPSA) is 29.1 Å². The second-order valence-electron chi connectivity index (χ2n) is 6.03. The van der Waals surface area contributed by atoms with Gasteiger partial charge in [-0.15, -0.1) is 0 Å². The lowest BCUT2D eigenvalue weighted by molar-refractivity contribution is -0.121. The second kappa shape index (κ2) is 6.78. The van der Waals surface area contributed by atoms with E-state index in [1.807, 2.05) is 0 Å². The van der Waals surface area contributed by atoms with Gasteiger partial charge in [-0.3, -0.25) is 4.79 Å². The standard InChI is InChI=1S/C20H23NO/c1-2-15-7-9-16(10-8-15)11-14-20(22)21-19-13-12-17-5-3-4-6-18(17)19/h3-10,19H,2,11-14H2,1H3,(H,21,22). The number of rotatable bonds is 5. The molecule has 0 saturated heterocycles. The van der Waals surface area contributed by atoms with E-state index in [1.165, 1.54) is 22.3 Å². The number of benzene rings is 2. The molecule has 22 heavy (non-hydrogen) atoms. The van der Waals surface area contributed by atoms with E-state index in [-0.39, 0.29) is 11.9 Å². The van der Waals surface area contributed by atoms with Gasteiger partial charge in [0.25, 0.3) is 0 Å².